The third kappa shape index (κ3) is 5.29. The largest absolute Gasteiger partial charge is 0.497 e. The summed E-state index contributed by atoms with van der Waals surface area (Å²) in [5.74, 6) is 0.222. The SMILES string of the molecule is COc1ccc(CN(CCC(=O)Nc2ccc(Br)cc2F)C2CC2)cc1. The Labute approximate surface area is 161 Å². The van der Waals surface area contributed by atoms with E-state index < -0.39 is 5.82 Å². The molecule has 2 aromatic rings. The van der Waals surface area contributed by atoms with E-state index in [4.69, 9.17) is 4.74 Å². The van der Waals surface area contributed by atoms with Gasteiger partial charge in [0.15, 0.2) is 0 Å². The van der Waals surface area contributed by atoms with Gasteiger partial charge in [-0.15, -0.1) is 0 Å². The number of benzene rings is 2. The number of carbonyl (C=O) groups excluding carboxylic acids is 1. The first-order chi connectivity index (χ1) is 12.5. The number of nitrogens with one attached hydrogen (secondary N) is 1. The van der Waals surface area contributed by atoms with E-state index in [1.807, 2.05) is 24.3 Å². The number of methoxy groups -OCH3 is 1. The summed E-state index contributed by atoms with van der Waals surface area (Å²) < 4.78 is 19.7. The molecule has 0 heterocycles. The molecule has 0 bridgehead atoms. The van der Waals surface area contributed by atoms with Crippen molar-refractivity contribution >= 4 is 27.5 Å². The number of carbonyl (C=O) groups is 1. The van der Waals surface area contributed by atoms with Gasteiger partial charge in [0.2, 0.25) is 5.91 Å². The molecule has 0 aliphatic heterocycles. The van der Waals surface area contributed by atoms with E-state index in [-0.39, 0.29) is 11.6 Å². The quantitative estimate of drug-likeness (QED) is 0.678. The third-order valence-electron chi connectivity index (χ3n) is 4.44. The molecule has 1 aliphatic rings. The van der Waals surface area contributed by atoms with Crippen LogP contribution >= 0.6 is 15.9 Å². The minimum absolute atomic E-state index is 0.174. The molecule has 1 saturated carbocycles. The first-order valence-electron chi connectivity index (χ1n) is 8.67. The second-order valence-electron chi connectivity index (χ2n) is 6.47. The topological polar surface area (TPSA) is 41.6 Å². The van der Waals surface area contributed by atoms with Gasteiger partial charge in [0, 0.05) is 30.0 Å². The molecule has 0 atom stereocenters. The van der Waals surface area contributed by atoms with E-state index in [2.05, 4.69) is 26.1 Å². The predicted molar refractivity (Wildman–Crippen MR) is 104 cm³/mol. The van der Waals surface area contributed by atoms with Gasteiger partial charge in [0.05, 0.1) is 12.8 Å². The Bertz CT molecular complexity index is 763. The lowest BCUT2D eigenvalue weighted by Gasteiger charge is -2.22. The second kappa shape index (κ2) is 8.64. The molecule has 0 spiro atoms. The zero-order chi connectivity index (χ0) is 18.5. The molecule has 4 nitrogen and oxygen atoms in total. The summed E-state index contributed by atoms with van der Waals surface area (Å²) in [7, 11) is 1.65. The van der Waals surface area contributed by atoms with Crippen LogP contribution in [-0.2, 0) is 11.3 Å². The van der Waals surface area contributed by atoms with Crippen LogP contribution in [-0.4, -0.2) is 30.5 Å². The van der Waals surface area contributed by atoms with Crippen molar-refractivity contribution < 1.29 is 13.9 Å². The fourth-order valence-corrected chi connectivity index (χ4v) is 3.18. The van der Waals surface area contributed by atoms with Crippen LogP contribution in [0.5, 0.6) is 5.75 Å². The zero-order valence-corrected chi connectivity index (χ0v) is 16.3. The summed E-state index contributed by atoms with van der Waals surface area (Å²) >= 11 is 3.21. The van der Waals surface area contributed by atoms with Gasteiger partial charge >= 0.3 is 0 Å². The molecular formula is C20H22BrFN2O2. The molecule has 0 radical (unpaired) electrons. The van der Waals surface area contributed by atoms with E-state index in [9.17, 15) is 9.18 Å². The molecule has 2 aromatic carbocycles. The minimum Gasteiger partial charge on any atom is -0.497 e. The van der Waals surface area contributed by atoms with Crippen LogP contribution in [0, 0.1) is 5.82 Å². The van der Waals surface area contributed by atoms with Crippen molar-refractivity contribution in [2.75, 3.05) is 19.0 Å². The van der Waals surface area contributed by atoms with Crippen LogP contribution in [0.15, 0.2) is 46.9 Å². The summed E-state index contributed by atoms with van der Waals surface area (Å²) in [6.07, 6.45) is 2.67. The van der Waals surface area contributed by atoms with Gasteiger partial charge in [-0.05, 0) is 48.7 Å². The van der Waals surface area contributed by atoms with Gasteiger partial charge < -0.3 is 10.1 Å². The summed E-state index contributed by atoms with van der Waals surface area (Å²) in [5, 5.41) is 2.65. The van der Waals surface area contributed by atoms with Crippen LogP contribution in [0.1, 0.15) is 24.8 Å². The molecule has 138 valence electrons. The monoisotopic (exact) mass is 420 g/mol. The van der Waals surface area contributed by atoms with Gasteiger partial charge in [-0.3, -0.25) is 9.69 Å². The van der Waals surface area contributed by atoms with Crippen LogP contribution < -0.4 is 10.1 Å². The predicted octanol–water partition coefficient (Wildman–Crippen LogP) is 4.59. The maximum Gasteiger partial charge on any atom is 0.225 e. The zero-order valence-electron chi connectivity index (χ0n) is 14.7. The van der Waals surface area contributed by atoms with Crippen LogP contribution in [0.2, 0.25) is 0 Å². The fraction of sp³-hybridized carbons (Fsp3) is 0.350. The number of nitrogens with zero attached hydrogens (tertiary/aromatic N) is 1. The maximum absolute atomic E-state index is 13.8. The third-order valence-corrected chi connectivity index (χ3v) is 4.93. The van der Waals surface area contributed by atoms with Crippen molar-refractivity contribution in [2.45, 2.75) is 31.8 Å². The van der Waals surface area contributed by atoms with E-state index in [1.165, 1.54) is 24.5 Å². The van der Waals surface area contributed by atoms with Crippen molar-refractivity contribution in [3.05, 3.63) is 58.3 Å². The molecule has 1 fully saturated rings. The highest BCUT2D eigenvalue weighted by molar-refractivity contribution is 9.10. The molecule has 0 unspecified atom stereocenters. The minimum atomic E-state index is -0.440. The summed E-state index contributed by atoms with van der Waals surface area (Å²) in [4.78, 5) is 14.5. The van der Waals surface area contributed by atoms with Crippen LogP contribution in [0.4, 0.5) is 10.1 Å². The Balaban J connectivity index is 1.54. The van der Waals surface area contributed by atoms with E-state index in [0.29, 0.717) is 23.5 Å². The van der Waals surface area contributed by atoms with Gasteiger partial charge in [-0.2, -0.15) is 0 Å². The fourth-order valence-electron chi connectivity index (χ4n) is 2.84. The summed E-state index contributed by atoms with van der Waals surface area (Å²) in [6.45, 7) is 1.45. The normalized spacial score (nSPS) is 13.7. The Morgan fingerprint density at radius 3 is 2.62 bits per heavy atom. The highest BCUT2D eigenvalue weighted by Gasteiger charge is 2.29. The number of hydrogen-bond donors (Lipinski definition) is 1. The molecule has 3 rings (SSSR count). The maximum atomic E-state index is 13.8. The standard InChI is InChI=1S/C20H22BrFN2O2/c1-26-17-7-2-14(3-8-17)13-24(16-5-6-16)11-10-20(25)23-19-9-4-15(21)12-18(19)22/h2-4,7-9,12,16H,5-6,10-11,13H2,1H3,(H,23,25). The average Bonchev–Trinajstić information content (AvgIpc) is 3.46. The molecule has 6 heteroatoms. The van der Waals surface area contributed by atoms with Gasteiger partial charge in [-0.1, -0.05) is 28.1 Å². The first-order valence-corrected chi connectivity index (χ1v) is 9.46. The average molecular weight is 421 g/mol. The van der Waals surface area contributed by atoms with Crippen molar-refractivity contribution in [1.29, 1.82) is 0 Å². The number of hydrogen-bond acceptors (Lipinski definition) is 3. The first kappa shape index (κ1) is 18.9. The highest BCUT2D eigenvalue weighted by Crippen LogP contribution is 2.29. The van der Waals surface area contributed by atoms with Crippen molar-refractivity contribution in [1.82, 2.24) is 4.90 Å². The lowest BCUT2D eigenvalue weighted by molar-refractivity contribution is -0.116. The number of amides is 1. The molecular weight excluding hydrogens is 399 g/mol. The lowest BCUT2D eigenvalue weighted by Crippen LogP contribution is -2.29. The molecule has 1 N–H and O–H groups in total. The Morgan fingerprint density at radius 1 is 1.27 bits per heavy atom. The lowest BCUT2D eigenvalue weighted by atomic mass is 10.2. The van der Waals surface area contributed by atoms with Crippen LogP contribution in [0.25, 0.3) is 0 Å². The second-order valence-corrected chi connectivity index (χ2v) is 7.39. The Morgan fingerprint density at radius 2 is 2.00 bits per heavy atom. The highest BCUT2D eigenvalue weighted by atomic mass is 79.9. The smallest absolute Gasteiger partial charge is 0.225 e. The van der Waals surface area contributed by atoms with Gasteiger partial charge in [0.25, 0.3) is 0 Å². The molecule has 1 aliphatic carbocycles. The van der Waals surface area contributed by atoms with E-state index >= 15 is 0 Å². The van der Waals surface area contributed by atoms with Gasteiger partial charge in [-0.25, -0.2) is 4.39 Å². The van der Waals surface area contributed by atoms with Crippen molar-refractivity contribution in [2.24, 2.45) is 0 Å². The summed E-state index contributed by atoms with van der Waals surface area (Å²) in [5.41, 5.74) is 1.41. The molecule has 0 aromatic heterocycles. The number of rotatable bonds is 8. The number of anilines is 1. The van der Waals surface area contributed by atoms with E-state index in [0.717, 1.165) is 12.3 Å². The summed E-state index contributed by atoms with van der Waals surface area (Å²) in [6, 6.07) is 13.1. The van der Waals surface area contributed by atoms with Crippen molar-refractivity contribution in [3.63, 3.8) is 0 Å². The van der Waals surface area contributed by atoms with Crippen molar-refractivity contribution in [3.8, 4) is 5.75 Å². The molecule has 26 heavy (non-hydrogen) atoms. The number of ether oxygens (including phenoxy) is 1. The van der Waals surface area contributed by atoms with Gasteiger partial charge in [0.1, 0.15) is 11.6 Å². The number of halogens is 2. The van der Waals surface area contributed by atoms with E-state index in [1.54, 1.807) is 19.2 Å². The Kier molecular flexibility index (Phi) is 6.27. The Hall–Kier alpha value is -1.92. The molecule has 1 amide bonds. The van der Waals surface area contributed by atoms with Crippen LogP contribution in [0.3, 0.4) is 0 Å². The molecule has 0 saturated heterocycles.